The molecule has 3 N–H and O–H groups in total. The fourth-order valence-corrected chi connectivity index (χ4v) is 2.02. The highest BCUT2D eigenvalue weighted by Crippen LogP contribution is 2.22. The van der Waals surface area contributed by atoms with E-state index in [1.165, 1.54) is 6.42 Å². The number of carbonyl (C=O) groups excluding carboxylic acids is 1. The molecule has 2 unspecified atom stereocenters. The van der Waals surface area contributed by atoms with Crippen molar-refractivity contribution in [1.29, 1.82) is 0 Å². The summed E-state index contributed by atoms with van der Waals surface area (Å²) in [6.07, 6.45) is 4.25. The van der Waals surface area contributed by atoms with Crippen molar-refractivity contribution in [2.75, 3.05) is 27.2 Å². The summed E-state index contributed by atoms with van der Waals surface area (Å²) in [6.45, 7) is 1.60. The standard InChI is InChI=1S/C11H23N3O/c1-14(2)8-7-13-11(15)9-5-3-4-6-10(9)12/h9-10H,3-8,12H2,1-2H3,(H,13,15). The molecule has 0 aliphatic heterocycles. The van der Waals surface area contributed by atoms with Gasteiger partial charge in [0.25, 0.3) is 0 Å². The van der Waals surface area contributed by atoms with Crippen LogP contribution in [0.25, 0.3) is 0 Å². The van der Waals surface area contributed by atoms with Gasteiger partial charge in [0.15, 0.2) is 0 Å². The molecule has 1 amide bonds. The van der Waals surface area contributed by atoms with Crippen molar-refractivity contribution in [2.24, 2.45) is 11.7 Å². The van der Waals surface area contributed by atoms with Crippen LogP contribution in [-0.2, 0) is 4.79 Å². The van der Waals surface area contributed by atoms with Gasteiger partial charge in [0.1, 0.15) is 0 Å². The Morgan fingerprint density at radius 3 is 2.67 bits per heavy atom. The summed E-state index contributed by atoms with van der Waals surface area (Å²) in [4.78, 5) is 13.8. The van der Waals surface area contributed by atoms with Crippen LogP contribution in [0.15, 0.2) is 0 Å². The van der Waals surface area contributed by atoms with Crippen LogP contribution in [0.4, 0.5) is 0 Å². The zero-order valence-electron chi connectivity index (χ0n) is 9.83. The van der Waals surface area contributed by atoms with E-state index < -0.39 is 0 Å². The summed E-state index contributed by atoms with van der Waals surface area (Å²) >= 11 is 0. The minimum Gasteiger partial charge on any atom is -0.355 e. The van der Waals surface area contributed by atoms with Gasteiger partial charge in [-0.05, 0) is 26.9 Å². The Bertz CT molecular complexity index is 206. The maximum Gasteiger partial charge on any atom is 0.224 e. The number of hydrogen-bond donors (Lipinski definition) is 2. The molecule has 1 rings (SSSR count). The van der Waals surface area contributed by atoms with Gasteiger partial charge in [-0.3, -0.25) is 4.79 Å². The number of nitrogens with zero attached hydrogens (tertiary/aromatic N) is 1. The highest BCUT2D eigenvalue weighted by molar-refractivity contribution is 5.79. The summed E-state index contributed by atoms with van der Waals surface area (Å²) in [5.74, 6) is 0.185. The van der Waals surface area contributed by atoms with Gasteiger partial charge in [-0.25, -0.2) is 0 Å². The number of nitrogens with two attached hydrogens (primary N) is 1. The molecule has 88 valence electrons. The Morgan fingerprint density at radius 1 is 1.40 bits per heavy atom. The largest absolute Gasteiger partial charge is 0.355 e. The van der Waals surface area contributed by atoms with Gasteiger partial charge >= 0.3 is 0 Å². The molecule has 15 heavy (non-hydrogen) atoms. The van der Waals surface area contributed by atoms with Gasteiger partial charge in [0.05, 0.1) is 5.92 Å². The lowest BCUT2D eigenvalue weighted by molar-refractivity contribution is -0.126. The molecule has 1 aliphatic rings. The third-order valence-electron chi connectivity index (χ3n) is 3.01. The lowest BCUT2D eigenvalue weighted by atomic mass is 9.84. The van der Waals surface area contributed by atoms with Gasteiger partial charge in [0, 0.05) is 19.1 Å². The van der Waals surface area contributed by atoms with Gasteiger partial charge in [-0.1, -0.05) is 12.8 Å². The quantitative estimate of drug-likeness (QED) is 0.700. The molecule has 0 saturated heterocycles. The minimum absolute atomic E-state index is 0.0425. The topological polar surface area (TPSA) is 58.4 Å². The fourth-order valence-electron chi connectivity index (χ4n) is 2.02. The van der Waals surface area contributed by atoms with Gasteiger partial charge < -0.3 is 16.0 Å². The lowest BCUT2D eigenvalue weighted by Gasteiger charge is -2.27. The summed E-state index contributed by atoms with van der Waals surface area (Å²) in [7, 11) is 4.00. The predicted octanol–water partition coefficient (Wildman–Crippen LogP) is 0.182. The third-order valence-corrected chi connectivity index (χ3v) is 3.01. The van der Waals surface area contributed by atoms with Crippen LogP contribution in [0.1, 0.15) is 25.7 Å². The maximum absolute atomic E-state index is 11.8. The van der Waals surface area contributed by atoms with E-state index in [4.69, 9.17) is 5.73 Å². The second-order valence-electron chi connectivity index (χ2n) is 4.65. The van der Waals surface area contributed by atoms with E-state index in [0.717, 1.165) is 32.4 Å². The van der Waals surface area contributed by atoms with Gasteiger partial charge in [-0.2, -0.15) is 0 Å². The number of nitrogens with one attached hydrogen (secondary N) is 1. The van der Waals surface area contributed by atoms with Crippen LogP contribution in [-0.4, -0.2) is 44.0 Å². The molecule has 4 nitrogen and oxygen atoms in total. The molecule has 0 aromatic heterocycles. The molecule has 4 heteroatoms. The first kappa shape index (κ1) is 12.5. The van der Waals surface area contributed by atoms with E-state index in [9.17, 15) is 4.79 Å². The van der Waals surface area contributed by atoms with Crippen LogP contribution in [0.2, 0.25) is 0 Å². The number of hydrogen-bond acceptors (Lipinski definition) is 3. The van der Waals surface area contributed by atoms with Crippen LogP contribution >= 0.6 is 0 Å². The van der Waals surface area contributed by atoms with Crippen LogP contribution in [0, 0.1) is 5.92 Å². The molecule has 1 aliphatic carbocycles. The van der Waals surface area contributed by atoms with E-state index in [2.05, 4.69) is 10.2 Å². The first-order valence-corrected chi connectivity index (χ1v) is 5.79. The number of rotatable bonds is 4. The molecule has 1 fully saturated rings. The number of carbonyl (C=O) groups is 1. The average Bonchev–Trinajstić information content (AvgIpc) is 2.17. The van der Waals surface area contributed by atoms with Crippen molar-refractivity contribution in [1.82, 2.24) is 10.2 Å². The van der Waals surface area contributed by atoms with Crippen molar-refractivity contribution in [3.05, 3.63) is 0 Å². The Kier molecular flexibility index (Phi) is 5.05. The summed E-state index contributed by atoms with van der Waals surface area (Å²) < 4.78 is 0. The molecule has 0 heterocycles. The predicted molar refractivity (Wildman–Crippen MR) is 61.5 cm³/mol. The highest BCUT2D eigenvalue weighted by Gasteiger charge is 2.27. The molecule has 0 aromatic carbocycles. The van der Waals surface area contributed by atoms with E-state index in [1.807, 2.05) is 14.1 Å². The first-order valence-electron chi connectivity index (χ1n) is 5.79. The van der Waals surface area contributed by atoms with Crippen molar-refractivity contribution in [3.63, 3.8) is 0 Å². The maximum atomic E-state index is 11.8. The SMILES string of the molecule is CN(C)CCNC(=O)C1CCCCC1N. The first-order chi connectivity index (χ1) is 7.11. The molecule has 0 aromatic rings. The van der Waals surface area contributed by atoms with Crippen molar-refractivity contribution in [3.8, 4) is 0 Å². The smallest absolute Gasteiger partial charge is 0.224 e. The molecule has 0 radical (unpaired) electrons. The second kappa shape index (κ2) is 6.08. The van der Waals surface area contributed by atoms with Crippen molar-refractivity contribution in [2.45, 2.75) is 31.7 Å². The lowest BCUT2D eigenvalue weighted by Crippen LogP contribution is -2.45. The molecular formula is C11H23N3O. The minimum atomic E-state index is 0.0425. The van der Waals surface area contributed by atoms with Crippen LogP contribution < -0.4 is 11.1 Å². The van der Waals surface area contributed by atoms with Crippen LogP contribution in [0.3, 0.4) is 0 Å². The molecule has 0 bridgehead atoms. The average molecular weight is 213 g/mol. The van der Waals surface area contributed by atoms with E-state index >= 15 is 0 Å². The Morgan fingerprint density at radius 2 is 2.07 bits per heavy atom. The Labute approximate surface area is 92.2 Å². The monoisotopic (exact) mass is 213 g/mol. The Balaban J connectivity index is 2.26. The summed E-state index contributed by atoms with van der Waals surface area (Å²) in [5.41, 5.74) is 5.94. The normalized spacial score (nSPS) is 26.7. The van der Waals surface area contributed by atoms with Crippen molar-refractivity contribution < 1.29 is 4.79 Å². The number of likely N-dealkylation sites (N-methyl/N-ethyl adjacent to an activating group) is 1. The van der Waals surface area contributed by atoms with Gasteiger partial charge in [0.2, 0.25) is 5.91 Å². The third kappa shape index (κ3) is 4.18. The second-order valence-corrected chi connectivity index (χ2v) is 4.65. The zero-order chi connectivity index (χ0) is 11.3. The van der Waals surface area contributed by atoms with Crippen LogP contribution in [0.5, 0.6) is 0 Å². The van der Waals surface area contributed by atoms with Crippen molar-refractivity contribution >= 4 is 5.91 Å². The Hall–Kier alpha value is -0.610. The summed E-state index contributed by atoms with van der Waals surface area (Å²) in [5, 5.41) is 2.95. The fraction of sp³-hybridized carbons (Fsp3) is 0.909. The van der Waals surface area contributed by atoms with Gasteiger partial charge in [-0.15, -0.1) is 0 Å². The molecule has 2 atom stereocenters. The summed E-state index contributed by atoms with van der Waals surface area (Å²) in [6, 6.07) is 0.0677. The highest BCUT2D eigenvalue weighted by atomic mass is 16.1. The number of amides is 1. The van der Waals surface area contributed by atoms with E-state index in [1.54, 1.807) is 0 Å². The molecule has 1 saturated carbocycles. The molecular weight excluding hydrogens is 190 g/mol. The zero-order valence-corrected chi connectivity index (χ0v) is 9.83. The molecule has 0 spiro atoms. The van der Waals surface area contributed by atoms with E-state index in [-0.39, 0.29) is 17.9 Å². The van der Waals surface area contributed by atoms with E-state index in [0.29, 0.717) is 0 Å².